The van der Waals surface area contributed by atoms with Gasteiger partial charge in [0.2, 0.25) is 0 Å². The number of halogens is 2. The highest BCUT2D eigenvalue weighted by molar-refractivity contribution is 9.10. The fourth-order valence-electron chi connectivity index (χ4n) is 3.22. The molecule has 10 heteroatoms. The Morgan fingerprint density at radius 3 is 2.68 bits per heavy atom. The standard InChI is InChI=1S/C24H25BrClN3O5/c1-4-7-21-28-19-9-8-16(25)12-17(19)24(31)29(21)27-13-15-10-18(26)23(20(11-15)32-5-2)34-14-22(30)33-6-3/h8-13H,4-7,14H2,1-3H3. The summed E-state index contributed by atoms with van der Waals surface area (Å²) < 4.78 is 18.2. The van der Waals surface area contributed by atoms with Crippen LogP contribution in [0, 0.1) is 0 Å². The van der Waals surface area contributed by atoms with Crippen molar-refractivity contribution in [2.24, 2.45) is 5.10 Å². The van der Waals surface area contributed by atoms with Crippen molar-refractivity contribution >= 4 is 50.6 Å². The lowest BCUT2D eigenvalue weighted by atomic mass is 10.2. The molecule has 0 atom stereocenters. The van der Waals surface area contributed by atoms with E-state index in [-0.39, 0.29) is 29.5 Å². The molecule has 0 fully saturated rings. The SMILES string of the molecule is CCCc1nc2ccc(Br)cc2c(=O)n1N=Cc1cc(Cl)c(OCC(=O)OCC)c(OCC)c1. The van der Waals surface area contributed by atoms with E-state index in [4.69, 9.17) is 25.8 Å². The minimum absolute atomic E-state index is 0.231. The molecule has 0 aliphatic rings. The number of carbonyl (C=O) groups excluding carboxylic acids is 1. The zero-order valence-corrected chi connectivity index (χ0v) is 21.5. The summed E-state index contributed by atoms with van der Waals surface area (Å²) in [6, 6.07) is 8.67. The van der Waals surface area contributed by atoms with Crippen LogP contribution in [-0.2, 0) is 16.0 Å². The fraction of sp³-hybridized carbons (Fsp3) is 0.333. The predicted octanol–water partition coefficient (Wildman–Crippen LogP) is 4.99. The molecule has 1 aromatic heterocycles. The second kappa shape index (κ2) is 12.0. The molecule has 0 unspecified atom stereocenters. The first kappa shape index (κ1) is 25.7. The van der Waals surface area contributed by atoms with Crippen LogP contribution in [0.3, 0.4) is 0 Å². The molecule has 0 N–H and O–H groups in total. The maximum absolute atomic E-state index is 13.2. The number of rotatable bonds is 10. The monoisotopic (exact) mass is 549 g/mol. The van der Waals surface area contributed by atoms with Crippen molar-refractivity contribution < 1.29 is 19.0 Å². The van der Waals surface area contributed by atoms with Gasteiger partial charge < -0.3 is 14.2 Å². The van der Waals surface area contributed by atoms with Gasteiger partial charge in [0, 0.05) is 10.9 Å². The Morgan fingerprint density at radius 2 is 1.97 bits per heavy atom. The second-order valence-corrected chi connectivity index (χ2v) is 8.48. The maximum Gasteiger partial charge on any atom is 0.344 e. The number of hydrogen-bond donors (Lipinski definition) is 0. The molecule has 180 valence electrons. The third kappa shape index (κ3) is 6.15. The third-order valence-electron chi connectivity index (χ3n) is 4.64. The lowest BCUT2D eigenvalue weighted by Crippen LogP contribution is -2.22. The molecule has 1 heterocycles. The molecular formula is C24H25BrClN3O5. The van der Waals surface area contributed by atoms with Gasteiger partial charge in [0.05, 0.1) is 35.4 Å². The van der Waals surface area contributed by atoms with Gasteiger partial charge in [0.1, 0.15) is 5.82 Å². The van der Waals surface area contributed by atoms with Crippen molar-refractivity contribution in [3.05, 3.63) is 61.6 Å². The lowest BCUT2D eigenvalue weighted by molar-refractivity contribution is -0.145. The molecule has 3 rings (SSSR count). The van der Waals surface area contributed by atoms with E-state index in [9.17, 15) is 9.59 Å². The highest BCUT2D eigenvalue weighted by Crippen LogP contribution is 2.36. The molecule has 0 aliphatic carbocycles. The quantitative estimate of drug-likeness (QED) is 0.261. The second-order valence-electron chi connectivity index (χ2n) is 7.16. The van der Waals surface area contributed by atoms with E-state index in [1.807, 2.05) is 19.9 Å². The number of aromatic nitrogens is 2. The van der Waals surface area contributed by atoms with Crippen molar-refractivity contribution in [2.75, 3.05) is 19.8 Å². The summed E-state index contributed by atoms with van der Waals surface area (Å²) in [5, 5.41) is 5.11. The topological polar surface area (TPSA) is 92.0 Å². The Morgan fingerprint density at radius 1 is 1.18 bits per heavy atom. The normalized spacial score (nSPS) is 11.2. The largest absolute Gasteiger partial charge is 0.490 e. The van der Waals surface area contributed by atoms with Gasteiger partial charge in [0.25, 0.3) is 5.56 Å². The molecule has 0 bridgehead atoms. The van der Waals surface area contributed by atoms with Crippen molar-refractivity contribution in [1.82, 2.24) is 9.66 Å². The van der Waals surface area contributed by atoms with Crippen LogP contribution in [0.25, 0.3) is 10.9 Å². The Balaban J connectivity index is 2.00. The van der Waals surface area contributed by atoms with Gasteiger partial charge in [-0.05, 0) is 56.2 Å². The zero-order chi connectivity index (χ0) is 24.7. The van der Waals surface area contributed by atoms with Crippen molar-refractivity contribution in [2.45, 2.75) is 33.6 Å². The number of fused-ring (bicyclic) bond motifs is 1. The molecular weight excluding hydrogens is 526 g/mol. The first-order valence-electron chi connectivity index (χ1n) is 10.9. The van der Waals surface area contributed by atoms with Gasteiger partial charge >= 0.3 is 5.97 Å². The molecule has 0 radical (unpaired) electrons. The van der Waals surface area contributed by atoms with E-state index in [0.29, 0.717) is 41.1 Å². The minimum atomic E-state index is -0.509. The van der Waals surface area contributed by atoms with Gasteiger partial charge in [-0.2, -0.15) is 9.78 Å². The van der Waals surface area contributed by atoms with Crippen molar-refractivity contribution in [3.63, 3.8) is 0 Å². The third-order valence-corrected chi connectivity index (χ3v) is 5.42. The van der Waals surface area contributed by atoms with Crippen LogP contribution < -0.4 is 15.0 Å². The van der Waals surface area contributed by atoms with Gasteiger partial charge in [-0.25, -0.2) is 9.78 Å². The Kier molecular flexibility index (Phi) is 9.06. The maximum atomic E-state index is 13.2. The molecule has 0 amide bonds. The number of ether oxygens (including phenoxy) is 3. The van der Waals surface area contributed by atoms with E-state index >= 15 is 0 Å². The van der Waals surface area contributed by atoms with Crippen LogP contribution in [0.4, 0.5) is 0 Å². The summed E-state index contributed by atoms with van der Waals surface area (Å²) in [5.74, 6) is 0.631. The highest BCUT2D eigenvalue weighted by atomic mass is 79.9. The number of esters is 1. The number of aryl methyl sites for hydroxylation is 1. The minimum Gasteiger partial charge on any atom is -0.490 e. The molecule has 2 aromatic carbocycles. The number of nitrogens with zero attached hydrogens (tertiary/aromatic N) is 3. The summed E-state index contributed by atoms with van der Waals surface area (Å²) in [4.78, 5) is 29.5. The van der Waals surface area contributed by atoms with Crippen LogP contribution in [0.1, 0.15) is 38.6 Å². The number of hydrogen-bond acceptors (Lipinski definition) is 7. The predicted molar refractivity (Wildman–Crippen MR) is 135 cm³/mol. The van der Waals surface area contributed by atoms with Crippen LogP contribution >= 0.6 is 27.5 Å². The first-order chi connectivity index (χ1) is 16.4. The fourth-order valence-corrected chi connectivity index (χ4v) is 3.86. The number of benzene rings is 2. The van der Waals surface area contributed by atoms with Gasteiger partial charge in [-0.3, -0.25) is 4.79 Å². The average molecular weight is 551 g/mol. The van der Waals surface area contributed by atoms with Crippen molar-refractivity contribution in [1.29, 1.82) is 0 Å². The molecule has 0 spiro atoms. The average Bonchev–Trinajstić information content (AvgIpc) is 2.79. The summed E-state index contributed by atoms with van der Waals surface area (Å²) >= 11 is 9.82. The summed E-state index contributed by atoms with van der Waals surface area (Å²) in [6.07, 6.45) is 2.90. The molecule has 3 aromatic rings. The van der Waals surface area contributed by atoms with Crippen LogP contribution in [0.5, 0.6) is 11.5 Å². The molecule has 0 saturated carbocycles. The van der Waals surface area contributed by atoms with E-state index < -0.39 is 5.97 Å². The molecule has 0 saturated heterocycles. The first-order valence-corrected chi connectivity index (χ1v) is 12.0. The summed E-state index contributed by atoms with van der Waals surface area (Å²) in [7, 11) is 0. The summed E-state index contributed by atoms with van der Waals surface area (Å²) in [6.45, 7) is 5.86. The molecule has 34 heavy (non-hydrogen) atoms. The highest BCUT2D eigenvalue weighted by Gasteiger charge is 2.15. The van der Waals surface area contributed by atoms with Gasteiger partial charge in [-0.15, -0.1) is 0 Å². The van der Waals surface area contributed by atoms with Gasteiger partial charge in [-0.1, -0.05) is 34.5 Å². The van der Waals surface area contributed by atoms with Gasteiger partial charge in [0.15, 0.2) is 18.1 Å². The molecule has 0 aliphatic heterocycles. The number of carbonyl (C=O) groups is 1. The molecule has 8 nitrogen and oxygen atoms in total. The van der Waals surface area contributed by atoms with E-state index in [1.54, 1.807) is 31.2 Å². The van der Waals surface area contributed by atoms with Crippen molar-refractivity contribution in [3.8, 4) is 11.5 Å². The lowest BCUT2D eigenvalue weighted by Gasteiger charge is -2.14. The van der Waals surface area contributed by atoms with E-state index in [2.05, 4.69) is 26.0 Å². The zero-order valence-electron chi connectivity index (χ0n) is 19.1. The van der Waals surface area contributed by atoms with Crippen LogP contribution in [0.15, 0.2) is 44.7 Å². The Hall–Kier alpha value is -2.91. The summed E-state index contributed by atoms with van der Waals surface area (Å²) in [5.41, 5.74) is 0.935. The Bertz CT molecular complexity index is 1280. The van der Waals surface area contributed by atoms with E-state index in [1.165, 1.54) is 10.9 Å². The van der Waals surface area contributed by atoms with Crippen LogP contribution in [0.2, 0.25) is 5.02 Å². The smallest absolute Gasteiger partial charge is 0.344 e. The van der Waals surface area contributed by atoms with Crippen LogP contribution in [-0.4, -0.2) is 41.7 Å². The van der Waals surface area contributed by atoms with E-state index in [0.717, 1.165) is 10.9 Å². The Labute approximate surface area is 210 Å².